The maximum absolute atomic E-state index is 12.4. The topological polar surface area (TPSA) is 66.5 Å². The van der Waals surface area contributed by atoms with Crippen molar-refractivity contribution in [1.82, 2.24) is 4.90 Å². The summed E-state index contributed by atoms with van der Waals surface area (Å²) < 4.78 is 0.758. The van der Waals surface area contributed by atoms with Gasteiger partial charge in [-0.15, -0.1) is 0 Å². The lowest BCUT2D eigenvalue weighted by Gasteiger charge is -2.14. The molecule has 1 heterocycles. The van der Waals surface area contributed by atoms with Crippen molar-refractivity contribution in [2.45, 2.75) is 26.2 Å². The Morgan fingerprint density at radius 3 is 2.58 bits per heavy atom. The van der Waals surface area contributed by atoms with Crippen LogP contribution in [0, 0.1) is 0 Å². The molecule has 0 bridgehead atoms. The Labute approximate surface area is 160 Å². The number of carbonyl (C=O) groups is 3. The Morgan fingerprint density at radius 2 is 1.81 bits per heavy atom. The third-order valence-corrected chi connectivity index (χ3v) is 4.88. The van der Waals surface area contributed by atoms with E-state index in [4.69, 9.17) is 0 Å². The zero-order chi connectivity index (χ0) is 18.7. The molecule has 1 aliphatic rings. The van der Waals surface area contributed by atoms with Gasteiger partial charge in [-0.25, -0.2) is 0 Å². The van der Waals surface area contributed by atoms with Gasteiger partial charge in [-0.05, 0) is 42.7 Å². The molecule has 1 aliphatic heterocycles. The first-order valence-electron chi connectivity index (χ1n) is 8.54. The molecule has 26 heavy (non-hydrogen) atoms. The quantitative estimate of drug-likeness (QED) is 0.725. The second-order valence-electron chi connectivity index (χ2n) is 6.11. The van der Waals surface area contributed by atoms with E-state index in [1.807, 2.05) is 31.2 Å². The molecule has 0 saturated carbocycles. The van der Waals surface area contributed by atoms with Crippen molar-refractivity contribution >= 4 is 39.3 Å². The first-order chi connectivity index (χ1) is 12.5. The number of amides is 3. The molecule has 1 N–H and O–H groups in total. The smallest absolute Gasteiger partial charge is 0.261 e. The fourth-order valence-corrected chi connectivity index (χ4v) is 3.39. The summed E-state index contributed by atoms with van der Waals surface area (Å²) in [6, 6.07) is 12.7. The standard InChI is InChI=1S/C20H19BrN2O3/c1-2-13-6-3-4-7-17(13)22-18(24)8-5-11-23-19(25)15-10-9-14(21)12-16(15)20(23)26/h3-4,6-7,9-10,12H,2,5,8,11H2,1H3,(H,22,24). The van der Waals surface area contributed by atoms with Crippen LogP contribution in [0.1, 0.15) is 46.0 Å². The molecule has 5 nitrogen and oxygen atoms in total. The van der Waals surface area contributed by atoms with Gasteiger partial charge in [-0.1, -0.05) is 41.1 Å². The van der Waals surface area contributed by atoms with Crippen LogP contribution in [-0.4, -0.2) is 29.2 Å². The van der Waals surface area contributed by atoms with Crippen molar-refractivity contribution in [2.24, 2.45) is 0 Å². The summed E-state index contributed by atoms with van der Waals surface area (Å²) in [4.78, 5) is 38.1. The molecule has 0 unspecified atom stereocenters. The summed E-state index contributed by atoms with van der Waals surface area (Å²) in [7, 11) is 0. The van der Waals surface area contributed by atoms with Crippen molar-refractivity contribution in [2.75, 3.05) is 11.9 Å². The number of hydrogen-bond donors (Lipinski definition) is 1. The number of carbonyl (C=O) groups excluding carboxylic acids is 3. The lowest BCUT2D eigenvalue weighted by molar-refractivity contribution is -0.116. The molecule has 3 amide bonds. The van der Waals surface area contributed by atoms with E-state index in [9.17, 15) is 14.4 Å². The van der Waals surface area contributed by atoms with Gasteiger partial charge < -0.3 is 5.32 Å². The lowest BCUT2D eigenvalue weighted by atomic mass is 10.1. The third kappa shape index (κ3) is 3.70. The molecule has 134 valence electrons. The van der Waals surface area contributed by atoms with Gasteiger partial charge in [0.2, 0.25) is 5.91 Å². The Hall–Kier alpha value is -2.47. The Kier molecular flexibility index (Phi) is 5.52. The molecule has 0 aliphatic carbocycles. The summed E-state index contributed by atoms with van der Waals surface area (Å²) in [5, 5.41) is 2.90. The number of hydrogen-bond acceptors (Lipinski definition) is 3. The zero-order valence-electron chi connectivity index (χ0n) is 14.4. The van der Waals surface area contributed by atoms with E-state index < -0.39 is 0 Å². The van der Waals surface area contributed by atoms with Crippen molar-refractivity contribution in [3.8, 4) is 0 Å². The van der Waals surface area contributed by atoms with Crippen molar-refractivity contribution in [3.05, 3.63) is 63.6 Å². The first kappa shape index (κ1) is 18.3. The molecule has 2 aromatic rings. The number of benzene rings is 2. The normalized spacial score (nSPS) is 13.1. The van der Waals surface area contributed by atoms with Gasteiger partial charge in [0.1, 0.15) is 0 Å². The van der Waals surface area contributed by atoms with Gasteiger partial charge in [-0.2, -0.15) is 0 Å². The third-order valence-electron chi connectivity index (χ3n) is 4.39. The highest BCUT2D eigenvalue weighted by molar-refractivity contribution is 9.10. The van der Waals surface area contributed by atoms with E-state index in [0.717, 1.165) is 22.1 Å². The first-order valence-corrected chi connectivity index (χ1v) is 9.34. The van der Waals surface area contributed by atoms with Crippen LogP contribution < -0.4 is 5.32 Å². The number of para-hydroxylation sites is 1. The molecule has 6 heteroatoms. The molecule has 0 spiro atoms. The second-order valence-corrected chi connectivity index (χ2v) is 7.03. The summed E-state index contributed by atoms with van der Waals surface area (Å²) >= 11 is 3.31. The van der Waals surface area contributed by atoms with Crippen LogP contribution in [0.3, 0.4) is 0 Å². The number of imide groups is 1. The predicted octanol–water partition coefficient (Wildman–Crippen LogP) is 4.03. The van der Waals surface area contributed by atoms with Gasteiger partial charge in [0.15, 0.2) is 0 Å². The highest BCUT2D eigenvalue weighted by atomic mass is 79.9. The van der Waals surface area contributed by atoms with Crippen LogP contribution in [0.25, 0.3) is 0 Å². The van der Waals surface area contributed by atoms with Crippen LogP contribution in [0.2, 0.25) is 0 Å². The molecule has 0 atom stereocenters. The van der Waals surface area contributed by atoms with Crippen LogP contribution in [0.4, 0.5) is 5.69 Å². The van der Waals surface area contributed by atoms with E-state index in [1.165, 1.54) is 4.90 Å². The van der Waals surface area contributed by atoms with E-state index in [0.29, 0.717) is 17.5 Å². The number of fused-ring (bicyclic) bond motifs is 1. The average Bonchev–Trinajstić information content (AvgIpc) is 2.86. The number of nitrogens with one attached hydrogen (secondary N) is 1. The monoisotopic (exact) mass is 414 g/mol. The highest BCUT2D eigenvalue weighted by Crippen LogP contribution is 2.26. The molecule has 0 fully saturated rings. The summed E-state index contributed by atoms with van der Waals surface area (Å²) in [6.07, 6.45) is 1.50. The van der Waals surface area contributed by atoms with Gasteiger partial charge >= 0.3 is 0 Å². The molecular weight excluding hydrogens is 396 g/mol. The average molecular weight is 415 g/mol. The second kappa shape index (κ2) is 7.83. The molecule has 2 aromatic carbocycles. The number of anilines is 1. The Balaban J connectivity index is 1.56. The molecule has 0 aromatic heterocycles. The Morgan fingerprint density at radius 1 is 1.08 bits per heavy atom. The minimum Gasteiger partial charge on any atom is -0.326 e. The van der Waals surface area contributed by atoms with E-state index in [1.54, 1.807) is 18.2 Å². The van der Waals surface area contributed by atoms with Crippen molar-refractivity contribution in [1.29, 1.82) is 0 Å². The van der Waals surface area contributed by atoms with E-state index in [-0.39, 0.29) is 30.7 Å². The number of rotatable bonds is 6. The van der Waals surface area contributed by atoms with Gasteiger partial charge in [0, 0.05) is 23.1 Å². The van der Waals surface area contributed by atoms with Crippen LogP contribution in [0.15, 0.2) is 46.9 Å². The van der Waals surface area contributed by atoms with Gasteiger partial charge in [0.05, 0.1) is 11.1 Å². The van der Waals surface area contributed by atoms with Gasteiger partial charge in [0.25, 0.3) is 11.8 Å². The molecule has 0 saturated heterocycles. The minimum atomic E-state index is -0.303. The zero-order valence-corrected chi connectivity index (χ0v) is 16.0. The van der Waals surface area contributed by atoms with E-state index in [2.05, 4.69) is 21.2 Å². The van der Waals surface area contributed by atoms with Crippen LogP contribution in [-0.2, 0) is 11.2 Å². The Bertz CT molecular complexity index is 879. The van der Waals surface area contributed by atoms with Crippen LogP contribution in [0.5, 0.6) is 0 Å². The predicted molar refractivity (Wildman–Crippen MR) is 103 cm³/mol. The molecule has 0 radical (unpaired) electrons. The van der Waals surface area contributed by atoms with E-state index >= 15 is 0 Å². The van der Waals surface area contributed by atoms with Crippen molar-refractivity contribution in [3.63, 3.8) is 0 Å². The maximum Gasteiger partial charge on any atom is 0.261 e. The van der Waals surface area contributed by atoms with Gasteiger partial charge in [-0.3, -0.25) is 19.3 Å². The van der Waals surface area contributed by atoms with Crippen LogP contribution >= 0.6 is 15.9 Å². The van der Waals surface area contributed by atoms with Crippen molar-refractivity contribution < 1.29 is 14.4 Å². The number of halogens is 1. The highest BCUT2D eigenvalue weighted by Gasteiger charge is 2.35. The molecular formula is C20H19BrN2O3. The maximum atomic E-state index is 12.4. The SMILES string of the molecule is CCc1ccccc1NC(=O)CCCN1C(=O)c2ccc(Br)cc2C1=O. The summed E-state index contributed by atoms with van der Waals surface area (Å²) in [5.41, 5.74) is 2.71. The molecule has 3 rings (SSSR count). The summed E-state index contributed by atoms with van der Waals surface area (Å²) in [5.74, 6) is -0.720. The lowest BCUT2D eigenvalue weighted by Crippen LogP contribution is -2.31. The fourth-order valence-electron chi connectivity index (χ4n) is 3.03. The summed E-state index contributed by atoms with van der Waals surface area (Å²) in [6.45, 7) is 2.26. The largest absolute Gasteiger partial charge is 0.326 e. The minimum absolute atomic E-state index is 0.120. The fraction of sp³-hybridized carbons (Fsp3) is 0.250. The number of nitrogens with zero attached hydrogens (tertiary/aromatic N) is 1. The number of aryl methyl sites for hydroxylation is 1.